The molecule has 1 saturated heterocycles. The predicted octanol–water partition coefficient (Wildman–Crippen LogP) is 2.53. The molecule has 0 radical (unpaired) electrons. The van der Waals surface area contributed by atoms with Crippen LogP contribution in [0.3, 0.4) is 0 Å². The summed E-state index contributed by atoms with van der Waals surface area (Å²) < 4.78 is 5.55. The van der Waals surface area contributed by atoms with Crippen molar-refractivity contribution >= 4 is 5.78 Å². The van der Waals surface area contributed by atoms with Crippen LogP contribution >= 0.6 is 0 Å². The second-order valence-corrected chi connectivity index (χ2v) is 4.30. The number of pyridine rings is 1. The molecule has 16 heavy (non-hydrogen) atoms. The highest BCUT2D eigenvalue weighted by Crippen LogP contribution is 2.17. The van der Waals surface area contributed by atoms with Crippen LogP contribution in [0, 0.1) is 6.92 Å². The fourth-order valence-corrected chi connectivity index (χ4v) is 1.93. The van der Waals surface area contributed by atoms with Crippen molar-refractivity contribution in [3.8, 4) is 0 Å². The van der Waals surface area contributed by atoms with Crippen molar-refractivity contribution in [2.24, 2.45) is 0 Å². The average molecular weight is 219 g/mol. The van der Waals surface area contributed by atoms with E-state index in [1.807, 2.05) is 19.1 Å². The summed E-state index contributed by atoms with van der Waals surface area (Å²) >= 11 is 0. The maximum atomic E-state index is 11.9. The number of rotatable bonds is 3. The normalized spacial score (nSPS) is 20.7. The smallest absolute Gasteiger partial charge is 0.167 e. The lowest BCUT2D eigenvalue weighted by Crippen LogP contribution is -2.22. The lowest BCUT2D eigenvalue weighted by Gasteiger charge is -2.21. The third-order valence-electron chi connectivity index (χ3n) is 2.92. The predicted molar refractivity (Wildman–Crippen MR) is 61.5 cm³/mol. The number of aryl methyl sites for hydroxylation is 1. The molecule has 1 aliphatic heterocycles. The number of Topliss-reactive ketones (excluding diaryl/α,β-unsaturated/α-hetero) is 1. The molecule has 0 bridgehead atoms. The number of hydrogen-bond donors (Lipinski definition) is 0. The van der Waals surface area contributed by atoms with Gasteiger partial charge in [-0.15, -0.1) is 0 Å². The standard InChI is InChI=1S/C13H17NO2/c1-10-5-6-11(9-14-10)13(15)8-12-4-2-3-7-16-12/h5-6,9,12H,2-4,7-8H2,1H3. The first kappa shape index (κ1) is 11.3. The summed E-state index contributed by atoms with van der Waals surface area (Å²) in [5.74, 6) is 0.138. The summed E-state index contributed by atoms with van der Waals surface area (Å²) in [6, 6.07) is 3.71. The van der Waals surface area contributed by atoms with Crippen molar-refractivity contribution in [1.82, 2.24) is 4.98 Å². The Morgan fingerprint density at radius 1 is 1.50 bits per heavy atom. The molecule has 0 amide bonds. The molecule has 1 atom stereocenters. The SMILES string of the molecule is Cc1ccc(C(=O)CC2CCCCO2)cn1. The van der Waals surface area contributed by atoms with Crippen LogP contribution in [0.4, 0.5) is 0 Å². The van der Waals surface area contributed by atoms with Gasteiger partial charge in [-0.1, -0.05) is 0 Å². The van der Waals surface area contributed by atoms with Crippen LogP contribution in [0.25, 0.3) is 0 Å². The van der Waals surface area contributed by atoms with Gasteiger partial charge in [0.25, 0.3) is 0 Å². The molecular formula is C13H17NO2. The summed E-state index contributed by atoms with van der Waals surface area (Å²) in [4.78, 5) is 16.0. The Labute approximate surface area is 95.8 Å². The average Bonchev–Trinajstić information content (AvgIpc) is 2.31. The minimum absolute atomic E-state index is 0.113. The molecule has 0 aromatic carbocycles. The van der Waals surface area contributed by atoms with Crippen molar-refractivity contribution in [3.63, 3.8) is 0 Å². The Bertz CT molecular complexity index is 353. The first-order valence-electron chi connectivity index (χ1n) is 5.83. The molecule has 1 aromatic heterocycles. The van der Waals surface area contributed by atoms with Crippen molar-refractivity contribution < 1.29 is 9.53 Å². The molecular weight excluding hydrogens is 202 g/mol. The third-order valence-corrected chi connectivity index (χ3v) is 2.92. The maximum Gasteiger partial charge on any atom is 0.167 e. The van der Waals surface area contributed by atoms with Crippen LogP contribution in [-0.2, 0) is 4.74 Å². The van der Waals surface area contributed by atoms with Gasteiger partial charge in [0.15, 0.2) is 5.78 Å². The van der Waals surface area contributed by atoms with Crippen LogP contribution in [-0.4, -0.2) is 23.5 Å². The number of ether oxygens (including phenoxy) is 1. The second kappa shape index (κ2) is 5.21. The lowest BCUT2D eigenvalue weighted by molar-refractivity contribution is 0.0129. The van der Waals surface area contributed by atoms with Crippen LogP contribution in [0.1, 0.15) is 41.7 Å². The first-order valence-corrected chi connectivity index (χ1v) is 5.83. The number of ketones is 1. The molecule has 3 nitrogen and oxygen atoms in total. The van der Waals surface area contributed by atoms with Gasteiger partial charge in [-0.2, -0.15) is 0 Å². The zero-order chi connectivity index (χ0) is 11.4. The third kappa shape index (κ3) is 2.89. The summed E-state index contributed by atoms with van der Waals surface area (Å²) in [7, 11) is 0. The lowest BCUT2D eigenvalue weighted by atomic mass is 10.0. The van der Waals surface area contributed by atoms with Gasteiger partial charge in [0, 0.05) is 30.5 Å². The van der Waals surface area contributed by atoms with Crippen LogP contribution in [0.5, 0.6) is 0 Å². The minimum Gasteiger partial charge on any atom is -0.378 e. The fourth-order valence-electron chi connectivity index (χ4n) is 1.93. The number of carbonyl (C=O) groups is 1. The van der Waals surface area contributed by atoms with Gasteiger partial charge in [0.1, 0.15) is 0 Å². The van der Waals surface area contributed by atoms with E-state index in [-0.39, 0.29) is 11.9 Å². The summed E-state index contributed by atoms with van der Waals surface area (Å²) in [6.45, 7) is 2.71. The van der Waals surface area contributed by atoms with Crippen LogP contribution in [0.2, 0.25) is 0 Å². The molecule has 3 heteroatoms. The van der Waals surface area contributed by atoms with Gasteiger partial charge in [-0.25, -0.2) is 0 Å². The molecule has 1 unspecified atom stereocenters. The number of nitrogens with zero attached hydrogens (tertiary/aromatic N) is 1. The van der Waals surface area contributed by atoms with Crippen molar-refractivity contribution in [3.05, 3.63) is 29.6 Å². The summed E-state index contributed by atoms with van der Waals surface area (Å²) in [6.07, 6.45) is 5.56. The van der Waals surface area contributed by atoms with Gasteiger partial charge < -0.3 is 4.74 Å². The molecule has 0 N–H and O–H groups in total. The largest absolute Gasteiger partial charge is 0.378 e. The Kier molecular flexibility index (Phi) is 3.67. The van der Waals surface area contributed by atoms with Gasteiger partial charge in [-0.3, -0.25) is 9.78 Å². The van der Waals surface area contributed by atoms with E-state index < -0.39 is 0 Å². The Hall–Kier alpha value is -1.22. The van der Waals surface area contributed by atoms with Gasteiger partial charge in [0.2, 0.25) is 0 Å². The molecule has 86 valence electrons. The highest BCUT2D eigenvalue weighted by molar-refractivity contribution is 5.96. The molecule has 2 heterocycles. The van der Waals surface area contributed by atoms with Gasteiger partial charge >= 0.3 is 0 Å². The molecule has 1 fully saturated rings. The van der Waals surface area contributed by atoms with Crippen molar-refractivity contribution in [1.29, 1.82) is 0 Å². The Morgan fingerprint density at radius 3 is 3.00 bits per heavy atom. The van der Waals surface area contributed by atoms with Gasteiger partial charge in [0.05, 0.1) is 6.10 Å². The Morgan fingerprint density at radius 2 is 2.38 bits per heavy atom. The zero-order valence-corrected chi connectivity index (χ0v) is 9.61. The fraction of sp³-hybridized carbons (Fsp3) is 0.538. The van der Waals surface area contributed by atoms with E-state index in [2.05, 4.69) is 4.98 Å². The van der Waals surface area contributed by atoms with E-state index in [0.29, 0.717) is 12.0 Å². The van der Waals surface area contributed by atoms with E-state index in [9.17, 15) is 4.79 Å². The molecule has 1 aromatic rings. The number of carbonyl (C=O) groups excluding carboxylic acids is 1. The van der Waals surface area contributed by atoms with E-state index in [1.54, 1.807) is 6.20 Å². The molecule has 0 saturated carbocycles. The Balaban J connectivity index is 1.94. The van der Waals surface area contributed by atoms with Crippen molar-refractivity contribution in [2.75, 3.05) is 6.61 Å². The maximum absolute atomic E-state index is 11.9. The van der Waals surface area contributed by atoms with Gasteiger partial charge in [-0.05, 0) is 38.3 Å². The van der Waals surface area contributed by atoms with E-state index in [4.69, 9.17) is 4.74 Å². The summed E-state index contributed by atoms with van der Waals surface area (Å²) in [5.41, 5.74) is 1.63. The van der Waals surface area contributed by atoms with Crippen LogP contribution < -0.4 is 0 Å². The quantitative estimate of drug-likeness (QED) is 0.733. The minimum atomic E-state index is 0.113. The molecule has 0 spiro atoms. The van der Waals surface area contributed by atoms with E-state index >= 15 is 0 Å². The topological polar surface area (TPSA) is 39.2 Å². The summed E-state index contributed by atoms with van der Waals surface area (Å²) in [5, 5.41) is 0. The zero-order valence-electron chi connectivity index (χ0n) is 9.61. The molecule has 2 rings (SSSR count). The first-order chi connectivity index (χ1) is 7.75. The van der Waals surface area contributed by atoms with E-state index in [0.717, 1.165) is 25.1 Å². The second-order valence-electron chi connectivity index (χ2n) is 4.30. The number of aromatic nitrogens is 1. The monoisotopic (exact) mass is 219 g/mol. The highest BCUT2D eigenvalue weighted by atomic mass is 16.5. The van der Waals surface area contributed by atoms with Crippen LogP contribution in [0.15, 0.2) is 18.3 Å². The van der Waals surface area contributed by atoms with E-state index in [1.165, 1.54) is 6.42 Å². The van der Waals surface area contributed by atoms with Crippen molar-refractivity contribution in [2.45, 2.75) is 38.7 Å². The molecule has 0 aliphatic carbocycles. The molecule has 1 aliphatic rings. The highest BCUT2D eigenvalue weighted by Gasteiger charge is 2.18. The number of hydrogen-bond acceptors (Lipinski definition) is 3.